The van der Waals surface area contributed by atoms with Crippen LogP contribution < -0.4 is 5.32 Å². The Bertz CT molecular complexity index is 867. The van der Waals surface area contributed by atoms with E-state index in [2.05, 4.69) is 5.32 Å². The van der Waals surface area contributed by atoms with E-state index in [1.54, 1.807) is 12.1 Å². The predicted molar refractivity (Wildman–Crippen MR) is 98.6 cm³/mol. The summed E-state index contributed by atoms with van der Waals surface area (Å²) in [5, 5.41) is 2.66. The number of ether oxygens (including phenoxy) is 1. The van der Waals surface area contributed by atoms with E-state index >= 15 is 0 Å². The Balaban J connectivity index is 1.42. The third kappa shape index (κ3) is 5.34. The molecule has 2 aromatic heterocycles. The zero-order valence-corrected chi connectivity index (χ0v) is 15.0. The zero-order chi connectivity index (χ0) is 19.1. The summed E-state index contributed by atoms with van der Waals surface area (Å²) in [7, 11) is 0. The monoisotopic (exact) mass is 367 g/mol. The maximum atomic E-state index is 12.0. The third-order valence-corrected chi connectivity index (χ3v) is 3.99. The fraction of sp³-hybridized carbons (Fsp3) is 0.238. The van der Waals surface area contributed by atoms with E-state index in [9.17, 15) is 9.59 Å². The maximum absolute atomic E-state index is 12.0. The van der Waals surface area contributed by atoms with Crippen LogP contribution in [0.5, 0.6) is 0 Å². The average molecular weight is 367 g/mol. The molecule has 1 amide bonds. The van der Waals surface area contributed by atoms with Gasteiger partial charge in [0.25, 0.3) is 5.91 Å². The Morgan fingerprint density at radius 1 is 1.04 bits per heavy atom. The van der Waals surface area contributed by atoms with E-state index in [1.165, 1.54) is 13.2 Å². The number of amides is 1. The van der Waals surface area contributed by atoms with E-state index in [-0.39, 0.29) is 18.9 Å². The minimum absolute atomic E-state index is 0.136. The normalized spacial score (nSPS) is 11.7. The SMILES string of the molecule is CC(OC(=O)CCc1ccc(-c2ccccc2)o1)C(=O)NCc1ccco1. The number of benzene rings is 1. The molecule has 6 nitrogen and oxygen atoms in total. The molecule has 1 atom stereocenters. The highest BCUT2D eigenvalue weighted by molar-refractivity contribution is 5.83. The van der Waals surface area contributed by atoms with Crippen molar-refractivity contribution >= 4 is 11.9 Å². The van der Waals surface area contributed by atoms with Gasteiger partial charge >= 0.3 is 5.97 Å². The Labute approximate surface area is 157 Å². The Morgan fingerprint density at radius 2 is 1.85 bits per heavy atom. The minimum atomic E-state index is -0.871. The highest BCUT2D eigenvalue weighted by Crippen LogP contribution is 2.22. The molecule has 3 rings (SSSR count). The molecule has 0 saturated carbocycles. The van der Waals surface area contributed by atoms with E-state index < -0.39 is 12.1 Å². The molecule has 0 aliphatic heterocycles. The van der Waals surface area contributed by atoms with Crippen LogP contribution in [-0.2, 0) is 27.3 Å². The minimum Gasteiger partial charge on any atom is -0.467 e. The molecule has 140 valence electrons. The van der Waals surface area contributed by atoms with Crippen LogP contribution in [0.1, 0.15) is 24.9 Å². The van der Waals surface area contributed by atoms with Gasteiger partial charge in [-0.1, -0.05) is 30.3 Å². The number of aryl methyl sites for hydroxylation is 1. The zero-order valence-electron chi connectivity index (χ0n) is 15.0. The molecule has 1 aromatic carbocycles. The van der Waals surface area contributed by atoms with Crippen LogP contribution >= 0.6 is 0 Å². The number of rotatable bonds is 8. The van der Waals surface area contributed by atoms with Crippen LogP contribution in [0.3, 0.4) is 0 Å². The molecule has 3 aromatic rings. The molecule has 0 aliphatic rings. The summed E-state index contributed by atoms with van der Waals surface area (Å²) in [6, 6.07) is 16.9. The lowest BCUT2D eigenvalue weighted by Gasteiger charge is -2.12. The summed E-state index contributed by atoms with van der Waals surface area (Å²) in [6.07, 6.45) is 1.20. The number of furan rings is 2. The second-order valence-electron chi connectivity index (χ2n) is 6.06. The molecule has 0 bridgehead atoms. The summed E-state index contributed by atoms with van der Waals surface area (Å²) in [6.45, 7) is 1.79. The number of esters is 1. The molecule has 0 fully saturated rings. The third-order valence-electron chi connectivity index (χ3n) is 3.99. The Morgan fingerprint density at radius 3 is 2.59 bits per heavy atom. The second-order valence-corrected chi connectivity index (χ2v) is 6.06. The summed E-state index contributed by atoms with van der Waals surface area (Å²) in [5.41, 5.74) is 0.980. The number of nitrogens with one attached hydrogen (secondary N) is 1. The van der Waals surface area contributed by atoms with Crippen LogP contribution in [0.25, 0.3) is 11.3 Å². The molecule has 27 heavy (non-hydrogen) atoms. The summed E-state index contributed by atoms with van der Waals surface area (Å²) < 4.78 is 16.1. The Hall–Kier alpha value is -3.28. The van der Waals surface area contributed by atoms with Crippen LogP contribution in [0.2, 0.25) is 0 Å². The fourth-order valence-corrected chi connectivity index (χ4v) is 2.54. The van der Waals surface area contributed by atoms with Crippen LogP contribution in [0.15, 0.2) is 69.7 Å². The van der Waals surface area contributed by atoms with Gasteiger partial charge in [0.2, 0.25) is 0 Å². The number of hydrogen-bond donors (Lipinski definition) is 1. The van der Waals surface area contributed by atoms with E-state index in [4.69, 9.17) is 13.6 Å². The van der Waals surface area contributed by atoms with Crippen molar-refractivity contribution < 1.29 is 23.2 Å². The van der Waals surface area contributed by atoms with Gasteiger partial charge in [-0.2, -0.15) is 0 Å². The second kappa shape index (κ2) is 8.89. The smallest absolute Gasteiger partial charge is 0.307 e. The summed E-state index contributed by atoms with van der Waals surface area (Å²) >= 11 is 0. The molecule has 0 radical (unpaired) electrons. The first-order chi connectivity index (χ1) is 13.1. The van der Waals surface area contributed by atoms with Crippen LogP contribution in [0, 0.1) is 0 Å². The lowest BCUT2D eigenvalue weighted by molar-refractivity contribution is -0.154. The van der Waals surface area contributed by atoms with Crippen LogP contribution in [0.4, 0.5) is 0 Å². The van der Waals surface area contributed by atoms with Gasteiger partial charge in [-0.25, -0.2) is 0 Å². The van der Waals surface area contributed by atoms with Crippen molar-refractivity contribution in [2.75, 3.05) is 0 Å². The van der Waals surface area contributed by atoms with Gasteiger partial charge < -0.3 is 18.9 Å². The molecule has 2 heterocycles. The molecule has 6 heteroatoms. The fourth-order valence-electron chi connectivity index (χ4n) is 2.54. The largest absolute Gasteiger partial charge is 0.467 e. The number of carbonyl (C=O) groups excluding carboxylic acids is 2. The molecule has 1 N–H and O–H groups in total. The number of hydrogen-bond acceptors (Lipinski definition) is 5. The molecule has 1 unspecified atom stereocenters. The Kier molecular flexibility index (Phi) is 6.10. The van der Waals surface area contributed by atoms with E-state index in [0.717, 1.165) is 11.3 Å². The van der Waals surface area contributed by atoms with Crippen molar-refractivity contribution in [3.63, 3.8) is 0 Å². The topological polar surface area (TPSA) is 81.7 Å². The highest BCUT2D eigenvalue weighted by Gasteiger charge is 2.18. The standard InChI is InChI=1S/C21H21NO5/c1-15(21(24)22-14-18-8-5-13-25-18)26-20(23)12-10-17-9-11-19(27-17)16-6-3-2-4-7-16/h2-9,11,13,15H,10,12,14H2,1H3,(H,22,24). The van der Waals surface area contributed by atoms with Gasteiger partial charge in [0, 0.05) is 12.0 Å². The summed E-state index contributed by atoms with van der Waals surface area (Å²) in [4.78, 5) is 23.9. The highest BCUT2D eigenvalue weighted by atomic mass is 16.5. The van der Waals surface area contributed by atoms with Gasteiger partial charge in [0.1, 0.15) is 17.3 Å². The van der Waals surface area contributed by atoms with Crippen molar-refractivity contribution in [2.45, 2.75) is 32.4 Å². The molecule has 0 spiro atoms. The molecule has 0 saturated heterocycles. The maximum Gasteiger partial charge on any atom is 0.307 e. The van der Waals surface area contributed by atoms with Gasteiger partial charge in [-0.15, -0.1) is 0 Å². The van der Waals surface area contributed by atoms with Crippen molar-refractivity contribution in [3.8, 4) is 11.3 Å². The summed E-state index contributed by atoms with van der Waals surface area (Å²) in [5.74, 6) is 1.26. The average Bonchev–Trinajstić information content (AvgIpc) is 3.37. The van der Waals surface area contributed by atoms with Crippen molar-refractivity contribution in [1.82, 2.24) is 5.32 Å². The first kappa shape index (κ1) is 18.5. The van der Waals surface area contributed by atoms with Crippen LogP contribution in [-0.4, -0.2) is 18.0 Å². The van der Waals surface area contributed by atoms with Gasteiger partial charge in [-0.3, -0.25) is 9.59 Å². The van der Waals surface area contributed by atoms with Gasteiger partial charge in [-0.05, 0) is 31.2 Å². The quantitative estimate of drug-likeness (QED) is 0.614. The molecular formula is C21H21NO5. The van der Waals surface area contributed by atoms with E-state index in [1.807, 2.05) is 42.5 Å². The van der Waals surface area contributed by atoms with Crippen molar-refractivity contribution in [1.29, 1.82) is 0 Å². The predicted octanol–water partition coefficient (Wildman–Crippen LogP) is 3.72. The lowest BCUT2D eigenvalue weighted by Crippen LogP contribution is -2.35. The van der Waals surface area contributed by atoms with Gasteiger partial charge in [0.15, 0.2) is 6.10 Å². The first-order valence-electron chi connectivity index (χ1n) is 8.75. The molecule has 0 aliphatic carbocycles. The molecular weight excluding hydrogens is 346 g/mol. The van der Waals surface area contributed by atoms with Crippen molar-refractivity contribution in [3.05, 3.63) is 72.4 Å². The van der Waals surface area contributed by atoms with E-state index in [0.29, 0.717) is 17.9 Å². The van der Waals surface area contributed by atoms with Gasteiger partial charge in [0.05, 0.1) is 19.2 Å². The lowest BCUT2D eigenvalue weighted by atomic mass is 10.2. The first-order valence-corrected chi connectivity index (χ1v) is 8.75. The van der Waals surface area contributed by atoms with Crippen molar-refractivity contribution in [2.24, 2.45) is 0 Å². The number of carbonyl (C=O) groups is 2.